The maximum absolute atomic E-state index is 14.5. The van der Waals surface area contributed by atoms with Crippen molar-refractivity contribution >= 4 is 27.5 Å². The largest absolute Gasteiger partial charge is 0.495 e. The van der Waals surface area contributed by atoms with E-state index in [0.29, 0.717) is 12.3 Å². The topological polar surface area (TPSA) is 96.0 Å². The number of rotatable bonds is 13. The Labute approximate surface area is 260 Å². The number of ether oxygens (including phenoxy) is 1. The molecule has 0 aromatic heterocycles. The Bertz CT molecular complexity index is 1670. The van der Waals surface area contributed by atoms with Gasteiger partial charge in [-0.15, -0.1) is 0 Å². The Morgan fingerprint density at radius 1 is 0.818 bits per heavy atom. The van der Waals surface area contributed by atoms with Crippen LogP contribution in [0.25, 0.3) is 0 Å². The van der Waals surface area contributed by atoms with Crippen LogP contribution in [0.15, 0.2) is 108 Å². The highest BCUT2D eigenvalue weighted by Crippen LogP contribution is 2.32. The molecular weight excluding hydrogens is 574 g/mol. The summed E-state index contributed by atoms with van der Waals surface area (Å²) in [6.07, 6.45) is 0.254. The second kappa shape index (κ2) is 14.7. The third-order valence-corrected chi connectivity index (χ3v) is 9.07. The molecule has 0 bridgehead atoms. The van der Waals surface area contributed by atoms with Crippen molar-refractivity contribution in [2.24, 2.45) is 0 Å². The summed E-state index contributed by atoms with van der Waals surface area (Å²) in [6.45, 7) is 5.59. The van der Waals surface area contributed by atoms with Crippen LogP contribution in [0.1, 0.15) is 29.2 Å². The number of aryl methyl sites for hydroxylation is 2. The number of nitrogens with one attached hydrogen (secondary N) is 1. The normalized spacial score (nSPS) is 11.8. The first-order valence-corrected chi connectivity index (χ1v) is 16.0. The van der Waals surface area contributed by atoms with Crippen LogP contribution in [0.5, 0.6) is 5.75 Å². The number of hydrogen-bond acceptors (Lipinski definition) is 5. The van der Waals surface area contributed by atoms with Crippen LogP contribution in [0.3, 0.4) is 0 Å². The molecule has 0 saturated carbocycles. The Balaban J connectivity index is 1.82. The lowest BCUT2D eigenvalue weighted by Crippen LogP contribution is -2.53. The first-order chi connectivity index (χ1) is 21.1. The number of para-hydroxylation sites is 2. The van der Waals surface area contributed by atoms with Gasteiger partial charge in [0.25, 0.3) is 10.0 Å². The van der Waals surface area contributed by atoms with Crippen molar-refractivity contribution in [1.82, 2.24) is 10.2 Å². The quantitative estimate of drug-likeness (QED) is 0.221. The average Bonchev–Trinajstić information content (AvgIpc) is 3.02. The van der Waals surface area contributed by atoms with Crippen LogP contribution in [0, 0.1) is 13.8 Å². The molecular formula is C35H39N3O5S. The van der Waals surface area contributed by atoms with Gasteiger partial charge in [-0.05, 0) is 56.2 Å². The van der Waals surface area contributed by atoms with Crippen LogP contribution in [0.2, 0.25) is 0 Å². The maximum Gasteiger partial charge on any atom is 0.264 e. The van der Waals surface area contributed by atoms with Gasteiger partial charge in [-0.1, -0.05) is 90.0 Å². The number of likely N-dealkylation sites (N-methyl/N-ethyl adjacent to an activating group) is 1. The van der Waals surface area contributed by atoms with E-state index in [1.807, 2.05) is 75.4 Å². The lowest BCUT2D eigenvalue weighted by Gasteiger charge is -2.34. The summed E-state index contributed by atoms with van der Waals surface area (Å²) < 4.78 is 35.0. The predicted molar refractivity (Wildman–Crippen MR) is 173 cm³/mol. The molecule has 9 heteroatoms. The van der Waals surface area contributed by atoms with E-state index in [1.54, 1.807) is 36.4 Å². The SMILES string of the molecule is CCNC(=O)[C@H](Cc1ccccc1)N(Cc1cccc(C)c1)C(=O)CN(c1ccccc1OC)S(=O)(=O)c1ccc(C)cc1. The third kappa shape index (κ3) is 7.85. The molecule has 4 aromatic rings. The number of nitrogens with zero attached hydrogens (tertiary/aromatic N) is 2. The molecule has 44 heavy (non-hydrogen) atoms. The zero-order valence-corrected chi connectivity index (χ0v) is 26.4. The summed E-state index contributed by atoms with van der Waals surface area (Å²) in [5.74, 6) is -0.548. The zero-order valence-electron chi connectivity index (χ0n) is 25.6. The van der Waals surface area contributed by atoms with E-state index >= 15 is 0 Å². The number of sulfonamides is 1. The number of carbonyl (C=O) groups excluding carboxylic acids is 2. The summed E-state index contributed by atoms with van der Waals surface area (Å²) in [5.41, 5.74) is 3.83. The maximum atomic E-state index is 14.5. The van der Waals surface area contributed by atoms with Gasteiger partial charge in [0.15, 0.2) is 0 Å². The van der Waals surface area contributed by atoms with E-state index in [4.69, 9.17) is 4.74 Å². The van der Waals surface area contributed by atoms with E-state index in [1.165, 1.54) is 24.1 Å². The fraction of sp³-hybridized carbons (Fsp3) is 0.257. The van der Waals surface area contributed by atoms with Crippen molar-refractivity contribution in [2.45, 2.75) is 44.7 Å². The molecule has 0 aliphatic carbocycles. The van der Waals surface area contributed by atoms with Gasteiger partial charge < -0.3 is 15.0 Å². The molecule has 0 saturated heterocycles. The van der Waals surface area contributed by atoms with E-state index in [9.17, 15) is 18.0 Å². The number of methoxy groups -OCH3 is 1. The van der Waals surface area contributed by atoms with E-state index in [2.05, 4.69) is 5.32 Å². The molecule has 2 amide bonds. The Morgan fingerprint density at radius 2 is 1.48 bits per heavy atom. The number of carbonyl (C=O) groups is 2. The van der Waals surface area contributed by atoms with Crippen LogP contribution in [-0.4, -0.2) is 51.4 Å². The van der Waals surface area contributed by atoms with Gasteiger partial charge in [0.05, 0.1) is 17.7 Å². The molecule has 0 fully saturated rings. The zero-order chi connectivity index (χ0) is 31.7. The van der Waals surface area contributed by atoms with Gasteiger partial charge in [-0.25, -0.2) is 8.42 Å². The van der Waals surface area contributed by atoms with Crippen LogP contribution in [0.4, 0.5) is 5.69 Å². The molecule has 0 unspecified atom stereocenters. The first kappa shape index (κ1) is 32.3. The summed E-state index contributed by atoms with van der Waals surface area (Å²) in [7, 11) is -2.77. The van der Waals surface area contributed by atoms with Crippen LogP contribution >= 0.6 is 0 Å². The predicted octanol–water partition coefficient (Wildman–Crippen LogP) is 5.28. The molecule has 0 aliphatic heterocycles. The summed E-state index contributed by atoms with van der Waals surface area (Å²) in [5, 5.41) is 2.88. The van der Waals surface area contributed by atoms with Crippen molar-refractivity contribution in [3.05, 3.63) is 125 Å². The van der Waals surface area contributed by atoms with Crippen LogP contribution in [-0.2, 0) is 32.6 Å². The number of benzene rings is 4. The average molecular weight is 614 g/mol. The molecule has 0 radical (unpaired) electrons. The van der Waals surface area contributed by atoms with Gasteiger partial charge >= 0.3 is 0 Å². The van der Waals surface area contributed by atoms with Gasteiger partial charge in [0.1, 0.15) is 18.3 Å². The van der Waals surface area contributed by atoms with E-state index < -0.39 is 28.5 Å². The van der Waals surface area contributed by atoms with Crippen molar-refractivity contribution in [3.8, 4) is 5.75 Å². The van der Waals surface area contributed by atoms with Crippen molar-refractivity contribution in [1.29, 1.82) is 0 Å². The fourth-order valence-electron chi connectivity index (χ4n) is 5.04. The molecule has 0 aliphatic rings. The lowest BCUT2D eigenvalue weighted by molar-refractivity contribution is -0.140. The Kier molecular flexibility index (Phi) is 10.8. The van der Waals surface area contributed by atoms with Crippen molar-refractivity contribution in [2.75, 3.05) is 24.5 Å². The van der Waals surface area contributed by atoms with Gasteiger partial charge in [-0.2, -0.15) is 0 Å². The summed E-state index contributed by atoms with van der Waals surface area (Å²) >= 11 is 0. The van der Waals surface area contributed by atoms with Crippen molar-refractivity contribution in [3.63, 3.8) is 0 Å². The minimum absolute atomic E-state index is 0.0385. The van der Waals surface area contributed by atoms with Gasteiger partial charge in [-0.3, -0.25) is 13.9 Å². The molecule has 8 nitrogen and oxygen atoms in total. The van der Waals surface area contributed by atoms with Gasteiger partial charge in [0.2, 0.25) is 11.8 Å². The molecule has 4 aromatic carbocycles. The highest BCUT2D eigenvalue weighted by Gasteiger charge is 2.35. The monoisotopic (exact) mass is 613 g/mol. The highest BCUT2D eigenvalue weighted by molar-refractivity contribution is 7.92. The Morgan fingerprint density at radius 3 is 2.14 bits per heavy atom. The molecule has 1 N–H and O–H groups in total. The number of amides is 2. The minimum atomic E-state index is -4.22. The molecule has 4 rings (SSSR count). The summed E-state index contributed by atoms with van der Waals surface area (Å²) in [4.78, 5) is 29.6. The standard InChI is InChI=1S/C35H39N3O5S/c1-5-36-35(40)32(23-28-13-7-6-8-14-28)37(24-29-15-11-12-27(3)22-29)34(39)25-38(31-16-9-10-17-33(31)43-4)44(41,42)30-20-18-26(2)19-21-30/h6-22,32H,5,23-25H2,1-4H3,(H,36,40)/t32-/m0/s1. The summed E-state index contributed by atoms with van der Waals surface area (Å²) in [6, 6.07) is 29.4. The second-order valence-electron chi connectivity index (χ2n) is 10.6. The molecule has 0 heterocycles. The van der Waals surface area contributed by atoms with E-state index in [-0.39, 0.29) is 29.5 Å². The Hall–Kier alpha value is -4.63. The number of anilines is 1. The van der Waals surface area contributed by atoms with E-state index in [0.717, 1.165) is 26.6 Å². The fourth-order valence-corrected chi connectivity index (χ4v) is 6.46. The van der Waals surface area contributed by atoms with Crippen LogP contribution < -0.4 is 14.4 Å². The van der Waals surface area contributed by atoms with Gasteiger partial charge in [0, 0.05) is 19.5 Å². The third-order valence-electron chi connectivity index (χ3n) is 7.30. The molecule has 0 spiro atoms. The lowest BCUT2D eigenvalue weighted by atomic mass is 10.0. The molecule has 1 atom stereocenters. The highest BCUT2D eigenvalue weighted by atomic mass is 32.2. The second-order valence-corrected chi connectivity index (χ2v) is 12.5. The minimum Gasteiger partial charge on any atom is -0.495 e. The van der Waals surface area contributed by atoms with Crippen molar-refractivity contribution < 1.29 is 22.7 Å². The smallest absolute Gasteiger partial charge is 0.264 e. The first-order valence-electron chi connectivity index (χ1n) is 14.5. The molecule has 230 valence electrons. The number of hydrogen-bond donors (Lipinski definition) is 1.